The Hall–Kier alpha value is -3.23. The van der Waals surface area contributed by atoms with Gasteiger partial charge in [0.2, 0.25) is 0 Å². The van der Waals surface area contributed by atoms with E-state index in [0.29, 0.717) is 24.0 Å². The quantitative estimate of drug-likeness (QED) is 0.407. The maximum Gasteiger partial charge on any atom is 0.326 e. The molecule has 1 amide bonds. The Morgan fingerprint density at radius 1 is 0.800 bits per heavy atom. The lowest BCUT2D eigenvalue weighted by Crippen LogP contribution is -2.40. The number of benzene rings is 2. The molecule has 0 aromatic heterocycles. The van der Waals surface area contributed by atoms with Crippen molar-refractivity contribution in [2.45, 2.75) is 66.5 Å². The summed E-state index contributed by atoms with van der Waals surface area (Å²) < 4.78 is 0. The van der Waals surface area contributed by atoms with Gasteiger partial charge in [0.25, 0.3) is 11.1 Å². The van der Waals surface area contributed by atoms with E-state index in [4.69, 9.17) is 27.5 Å². The molecule has 0 saturated heterocycles. The number of aryl methyl sites for hydroxylation is 4. The molecule has 0 saturated carbocycles. The molecule has 0 radical (unpaired) electrons. The summed E-state index contributed by atoms with van der Waals surface area (Å²) in [6, 6.07) is 9.70. The van der Waals surface area contributed by atoms with E-state index in [2.05, 4.69) is 5.32 Å². The monoisotopic (exact) mass is 506 g/mol. The van der Waals surface area contributed by atoms with Crippen LogP contribution in [-0.4, -0.2) is 45.4 Å². The predicted molar refractivity (Wildman–Crippen MR) is 137 cm³/mol. The Bertz CT molecular complexity index is 998. The van der Waals surface area contributed by atoms with Gasteiger partial charge in [0.1, 0.15) is 12.1 Å². The third-order valence-electron chi connectivity index (χ3n) is 5.15. The van der Waals surface area contributed by atoms with Crippen LogP contribution in [-0.2, 0) is 9.59 Å². The summed E-state index contributed by atoms with van der Waals surface area (Å²) in [7, 11) is 0. The predicted octanol–water partition coefficient (Wildman–Crippen LogP) is 4.39. The van der Waals surface area contributed by atoms with Crippen molar-refractivity contribution in [1.82, 2.24) is 5.32 Å². The van der Waals surface area contributed by atoms with E-state index in [1.165, 1.54) is 0 Å². The standard InChI is InChI=1S/C13H17NO3.C9H9ClO.C4H9NO2/c1-4-10(13(16)17)14-12(15)11-8(2)6-5-7-9(11)3;1-6-4-3-5-7(2)8(6)9(10)11;1-2-3(5)4(6)7/h5-7,10H,4H2,1-3H3,(H,14,15)(H,16,17);3-5H,1-2H3;3H,2,5H2,1H3,(H,6,7). The number of carboxylic acid groups (broad SMARTS) is 2. The zero-order chi connectivity index (χ0) is 27.3. The van der Waals surface area contributed by atoms with Gasteiger partial charge in [-0.25, -0.2) is 4.79 Å². The highest BCUT2D eigenvalue weighted by Gasteiger charge is 2.20. The lowest BCUT2D eigenvalue weighted by atomic mass is 10.0. The maximum atomic E-state index is 12.0. The van der Waals surface area contributed by atoms with Crippen molar-refractivity contribution in [3.63, 3.8) is 0 Å². The van der Waals surface area contributed by atoms with Gasteiger partial charge in [0.05, 0.1) is 0 Å². The van der Waals surface area contributed by atoms with Crippen molar-refractivity contribution in [2.75, 3.05) is 0 Å². The van der Waals surface area contributed by atoms with Gasteiger partial charge in [-0.1, -0.05) is 50.2 Å². The lowest BCUT2D eigenvalue weighted by molar-refractivity contribution is -0.139. The van der Waals surface area contributed by atoms with Crippen LogP contribution >= 0.6 is 11.6 Å². The molecule has 0 fully saturated rings. The van der Waals surface area contributed by atoms with Gasteiger partial charge in [-0.05, 0) is 74.4 Å². The molecule has 0 bridgehead atoms. The Labute approximate surface area is 211 Å². The van der Waals surface area contributed by atoms with Crippen molar-refractivity contribution in [2.24, 2.45) is 5.73 Å². The highest BCUT2D eigenvalue weighted by molar-refractivity contribution is 6.68. The van der Waals surface area contributed by atoms with Crippen LogP contribution in [0, 0.1) is 27.7 Å². The largest absolute Gasteiger partial charge is 0.480 e. The first-order chi connectivity index (χ1) is 16.3. The molecule has 2 rings (SSSR count). The fraction of sp³-hybridized carbons (Fsp3) is 0.385. The van der Waals surface area contributed by atoms with Crippen LogP contribution in [0.25, 0.3) is 0 Å². The number of hydrogen-bond acceptors (Lipinski definition) is 5. The van der Waals surface area contributed by atoms with Crippen LogP contribution in [0.3, 0.4) is 0 Å². The summed E-state index contributed by atoms with van der Waals surface area (Å²) in [6.07, 6.45) is 0.862. The second kappa shape index (κ2) is 15.6. The van der Waals surface area contributed by atoms with Gasteiger partial charge in [0.15, 0.2) is 0 Å². The third-order valence-corrected chi connectivity index (χ3v) is 5.34. The van der Waals surface area contributed by atoms with E-state index in [-0.39, 0.29) is 11.1 Å². The third kappa shape index (κ3) is 10.7. The second-order valence-electron chi connectivity index (χ2n) is 7.93. The van der Waals surface area contributed by atoms with Crippen molar-refractivity contribution < 1.29 is 29.4 Å². The molecular formula is C26H35ClN2O6. The molecule has 0 heterocycles. The number of aliphatic carboxylic acids is 2. The smallest absolute Gasteiger partial charge is 0.326 e. The maximum absolute atomic E-state index is 12.0. The molecule has 35 heavy (non-hydrogen) atoms. The first-order valence-electron chi connectivity index (χ1n) is 11.1. The van der Waals surface area contributed by atoms with Gasteiger partial charge in [0, 0.05) is 11.1 Å². The van der Waals surface area contributed by atoms with Crippen molar-refractivity contribution >= 4 is 34.7 Å². The summed E-state index contributed by atoms with van der Waals surface area (Å²) in [5, 5.41) is 19.1. The normalized spacial score (nSPS) is 11.5. The average molecular weight is 507 g/mol. The Kier molecular flexibility index (Phi) is 14.2. The minimum atomic E-state index is -1.01. The second-order valence-corrected chi connectivity index (χ2v) is 8.28. The molecule has 0 aliphatic carbocycles. The molecule has 2 aromatic rings. The fourth-order valence-electron chi connectivity index (χ4n) is 3.04. The Morgan fingerprint density at radius 3 is 1.43 bits per heavy atom. The summed E-state index contributed by atoms with van der Waals surface area (Å²) in [6.45, 7) is 10.9. The van der Waals surface area contributed by atoms with Crippen LogP contribution in [0.4, 0.5) is 0 Å². The van der Waals surface area contributed by atoms with Crippen molar-refractivity contribution in [1.29, 1.82) is 0 Å². The first-order valence-corrected chi connectivity index (χ1v) is 11.5. The fourth-order valence-corrected chi connectivity index (χ4v) is 3.34. The van der Waals surface area contributed by atoms with Gasteiger partial charge < -0.3 is 21.3 Å². The molecular weight excluding hydrogens is 472 g/mol. The molecule has 0 spiro atoms. The zero-order valence-electron chi connectivity index (χ0n) is 21.0. The molecule has 0 aliphatic rings. The topological polar surface area (TPSA) is 147 Å². The SMILES string of the molecule is CCC(N)C(=O)O.CCC(NC(=O)c1c(C)cccc1C)C(=O)O.Cc1cccc(C)c1C(=O)Cl. The number of carbonyl (C=O) groups is 4. The number of halogens is 1. The number of hydrogen-bond donors (Lipinski definition) is 4. The molecule has 8 nitrogen and oxygen atoms in total. The highest BCUT2D eigenvalue weighted by atomic mass is 35.5. The van der Waals surface area contributed by atoms with Gasteiger partial charge in [-0.15, -0.1) is 0 Å². The lowest BCUT2D eigenvalue weighted by Gasteiger charge is -2.14. The molecule has 2 unspecified atom stereocenters. The number of amides is 1. The van der Waals surface area contributed by atoms with Crippen LogP contribution in [0.1, 0.15) is 69.7 Å². The van der Waals surface area contributed by atoms with Gasteiger partial charge in [-0.3, -0.25) is 14.4 Å². The number of carbonyl (C=O) groups excluding carboxylic acids is 2. The summed E-state index contributed by atoms with van der Waals surface area (Å²) in [5.74, 6) is -2.26. The van der Waals surface area contributed by atoms with Crippen LogP contribution in [0.5, 0.6) is 0 Å². The molecule has 9 heteroatoms. The number of carboxylic acids is 2. The number of nitrogens with two attached hydrogens (primary N) is 1. The Balaban J connectivity index is 0.000000550. The minimum absolute atomic E-state index is 0.324. The van der Waals surface area contributed by atoms with Crippen LogP contribution < -0.4 is 11.1 Å². The van der Waals surface area contributed by atoms with E-state index in [1.54, 1.807) is 13.8 Å². The first kappa shape index (κ1) is 31.8. The van der Waals surface area contributed by atoms with Crippen molar-refractivity contribution in [3.8, 4) is 0 Å². The van der Waals surface area contributed by atoms with Crippen molar-refractivity contribution in [3.05, 3.63) is 69.8 Å². The molecule has 2 atom stereocenters. The van der Waals surface area contributed by atoms with E-state index in [0.717, 1.165) is 22.3 Å². The van der Waals surface area contributed by atoms with Gasteiger partial charge >= 0.3 is 11.9 Å². The highest BCUT2D eigenvalue weighted by Crippen LogP contribution is 2.15. The van der Waals surface area contributed by atoms with E-state index < -0.39 is 24.0 Å². The molecule has 5 N–H and O–H groups in total. The van der Waals surface area contributed by atoms with Crippen LogP contribution in [0.2, 0.25) is 0 Å². The minimum Gasteiger partial charge on any atom is -0.480 e. The van der Waals surface area contributed by atoms with Crippen LogP contribution in [0.15, 0.2) is 36.4 Å². The van der Waals surface area contributed by atoms with E-state index in [9.17, 15) is 19.2 Å². The van der Waals surface area contributed by atoms with Gasteiger partial charge in [-0.2, -0.15) is 0 Å². The Morgan fingerprint density at radius 2 is 1.20 bits per heavy atom. The average Bonchev–Trinajstić information content (AvgIpc) is 2.77. The van der Waals surface area contributed by atoms with E-state index >= 15 is 0 Å². The van der Waals surface area contributed by atoms with E-state index in [1.807, 2.05) is 64.1 Å². The summed E-state index contributed by atoms with van der Waals surface area (Å²) in [5.41, 5.74) is 9.78. The molecule has 0 aliphatic heterocycles. The summed E-state index contributed by atoms with van der Waals surface area (Å²) >= 11 is 5.37. The summed E-state index contributed by atoms with van der Waals surface area (Å²) in [4.78, 5) is 43.5. The zero-order valence-corrected chi connectivity index (χ0v) is 21.8. The number of nitrogens with one attached hydrogen (secondary N) is 1. The molecule has 2 aromatic carbocycles. The molecule has 192 valence electrons. The number of rotatable bonds is 7.